The van der Waals surface area contributed by atoms with E-state index in [0.29, 0.717) is 23.4 Å². The van der Waals surface area contributed by atoms with Crippen LogP contribution < -0.4 is 21.1 Å². The Balaban J connectivity index is 2.05. The number of aryl methyl sites for hydroxylation is 2. The van der Waals surface area contributed by atoms with Crippen LogP contribution in [0.5, 0.6) is 5.75 Å². The quantitative estimate of drug-likeness (QED) is 0.407. The van der Waals surface area contributed by atoms with E-state index < -0.39 is 47.9 Å². The Bertz CT molecular complexity index is 1230. The molecule has 0 bridgehead atoms. The molecule has 0 aliphatic heterocycles. The highest BCUT2D eigenvalue weighted by Crippen LogP contribution is 2.41. The van der Waals surface area contributed by atoms with Gasteiger partial charge in [0.15, 0.2) is 0 Å². The van der Waals surface area contributed by atoms with Crippen LogP contribution in [0.3, 0.4) is 0 Å². The van der Waals surface area contributed by atoms with Crippen LogP contribution in [0.1, 0.15) is 63.3 Å². The predicted molar refractivity (Wildman–Crippen MR) is 152 cm³/mol. The molecule has 1 aliphatic carbocycles. The first-order valence-electron chi connectivity index (χ1n) is 13.3. The maximum Gasteiger partial charge on any atom is 0.408 e. The highest BCUT2D eigenvalue weighted by Gasteiger charge is 2.48. The van der Waals surface area contributed by atoms with Crippen LogP contribution in [-0.4, -0.2) is 53.5 Å². The van der Waals surface area contributed by atoms with E-state index in [-0.39, 0.29) is 12.0 Å². The van der Waals surface area contributed by atoms with Gasteiger partial charge in [0.05, 0.1) is 13.5 Å². The molecular weight excluding hydrogens is 512 g/mol. The maximum atomic E-state index is 14.2. The number of anilines is 1. The van der Waals surface area contributed by atoms with E-state index in [1.807, 2.05) is 39.0 Å². The van der Waals surface area contributed by atoms with Crippen molar-refractivity contribution in [3.63, 3.8) is 0 Å². The van der Waals surface area contributed by atoms with Gasteiger partial charge in [0.25, 0.3) is 5.91 Å². The smallest absolute Gasteiger partial charge is 0.408 e. The molecule has 216 valence electrons. The van der Waals surface area contributed by atoms with Gasteiger partial charge in [0.2, 0.25) is 11.8 Å². The third kappa shape index (κ3) is 8.21. The molecule has 0 heterocycles. The zero-order chi connectivity index (χ0) is 29.8. The summed E-state index contributed by atoms with van der Waals surface area (Å²) in [7, 11) is 1.55. The van der Waals surface area contributed by atoms with Crippen LogP contribution in [0.2, 0.25) is 0 Å². The number of carbonyl (C=O) groups is 4. The largest absolute Gasteiger partial charge is 0.497 e. The third-order valence-corrected chi connectivity index (χ3v) is 6.52. The van der Waals surface area contributed by atoms with Crippen LogP contribution in [0.15, 0.2) is 42.5 Å². The molecule has 1 aliphatic rings. The molecule has 2 aromatic rings. The number of benzene rings is 2. The van der Waals surface area contributed by atoms with Crippen LogP contribution in [0, 0.1) is 19.8 Å². The number of rotatable bonds is 10. The van der Waals surface area contributed by atoms with Gasteiger partial charge in [-0.05, 0) is 76.8 Å². The van der Waals surface area contributed by atoms with Crippen LogP contribution in [0.25, 0.3) is 0 Å². The molecule has 10 heteroatoms. The molecule has 0 radical (unpaired) electrons. The summed E-state index contributed by atoms with van der Waals surface area (Å²) in [6.45, 7) is 10.9. The Morgan fingerprint density at radius 2 is 1.62 bits per heavy atom. The van der Waals surface area contributed by atoms with Crippen molar-refractivity contribution in [3.8, 4) is 5.75 Å². The van der Waals surface area contributed by atoms with E-state index in [1.54, 1.807) is 52.1 Å². The van der Waals surface area contributed by atoms with E-state index >= 15 is 0 Å². The lowest BCUT2D eigenvalue weighted by Gasteiger charge is -2.35. The number of alkyl carbamates (subject to hydrolysis) is 1. The highest BCUT2D eigenvalue weighted by molar-refractivity contribution is 6.00. The fourth-order valence-corrected chi connectivity index (χ4v) is 4.69. The summed E-state index contributed by atoms with van der Waals surface area (Å²) < 4.78 is 10.5. The SMILES string of the molecule is COc1ccc(NC(=O)C(c2cc(C)cc(C)c2)N(C(=O)C(CC(N)=O)NC(=O)OC(C)(C)C)C2CC2C)cc1. The molecule has 0 aromatic heterocycles. The molecule has 10 nitrogen and oxygen atoms in total. The first-order chi connectivity index (χ1) is 18.7. The van der Waals surface area contributed by atoms with Crippen molar-refractivity contribution in [3.05, 3.63) is 59.2 Å². The molecule has 40 heavy (non-hydrogen) atoms. The lowest BCUT2D eigenvalue weighted by molar-refractivity contribution is -0.142. The molecule has 0 saturated heterocycles. The summed E-state index contributed by atoms with van der Waals surface area (Å²) in [6.07, 6.45) is -0.644. The van der Waals surface area contributed by atoms with Crippen molar-refractivity contribution in [2.24, 2.45) is 11.7 Å². The zero-order valence-corrected chi connectivity index (χ0v) is 24.2. The summed E-state index contributed by atoms with van der Waals surface area (Å²) >= 11 is 0. The van der Waals surface area contributed by atoms with Gasteiger partial charge in [-0.2, -0.15) is 0 Å². The number of hydrogen-bond donors (Lipinski definition) is 3. The van der Waals surface area contributed by atoms with Gasteiger partial charge in [-0.15, -0.1) is 0 Å². The monoisotopic (exact) mass is 552 g/mol. The average Bonchev–Trinajstić information content (AvgIpc) is 3.55. The number of nitrogens with zero attached hydrogens (tertiary/aromatic N) is 1. The van der Waals surface area contributed by atoms with Gasteiger partial charge in [-0.25, -0.2) is 4.79 Å². The number of ether oxygens (including phenoxy) is 2. The van der Waals surface area contributed by atoms with Gasteiger partial charge in [0, 0.05) is 11.7 Å². The van der Waals surface area contributed by atoms with Crippen molar-refractivity contribution in [1.29, 1.82) is 0 Å². The summed E-state index contributed by atoms with van der Waals surface area (Å²) in [5.41, 5.74) is 7.64. The molecule has 2 aromatic carbocycles. The van der Waals surface area contributed by atoms with Crippen molar-refractivity contribution in [2.75, 3.05) is 12.4 Å². The second-order valence-electron chi connectivity index (χ2n) is 11.4. The lowest BCUT2D eigenvalue weighted by Crippen LogP contribution is -2.54. The van der Waals surface area contributed by atoms with Crippen LogP contribution in [0.4, 0.5) is 10.5 Å². The zero-order valence-electron chi connectivity index (χ0n) is 24.2. The summed E-state index contributed by atoms with van der Waals surface area (Å²) in [5.74, 6) is -1.05. The Hall–Kier alpha value is -4.08. The number of nitrogens with two attached hydrogens (primary N) is 1. The van der Waals surface area contributed by atoms with Crippen LogP contribution >= 0.6 is 0 Å². The van der Waals surface area contributed by atoms with Gasteiger partial charge in [-0.3, -0.25) is 14.4 Å². The maximum absolute atomic E-state index is 14.2. The Morgan fingerprint density at radius 1 is 1.05 bits per heavy atom. The second-order valence-corrected chi connectivity index (χ2v) is 11.4. The van der Waals surface area contributed by atoms with Crippen LogP contribution in [-0.2, 0) is 19.1 Å². The topological polar surface area (TPSA) is 140 Å². The fourth-order valence-electron chi connectivity index (χ4n) is 4.69. The highest BCUT2D eigenvalue weighted by atomic mass is 16.6. The number of nitrogens with one attached hydrogen (secondary N) is 2. The van der Waals surface area contributed by atoms with E-state index in [9.17, 15) is 19.2 Å². The van der Waals surface area contributed by atoms with E-state index in [2.05, 4.69) is 10.6 Å². The number of carbonyl (C=O) groups excluding carboxylic acids is 4. The van der Waals surface area contributed by atoms with Crippen molar-refractivity contribution in [1.82, 2.24) is 10.2 Å². The normalized spacial score (nSPS) is 17.7. The second kappa shape index (κ2) is 12.4. The third-order valence-electron chi connectivity index (χ3n) is 6.52. The van der Waals surface area contributed by atoms with E-state index in [1.165, 1.54) is 4.90 Å². The summed E-state index contributed by atoms with van der Waals surface area (Å²) in [4.78, 5) is 54.3. The fraction of sp³-hybridized carbons (Fsp3) is 0.467. The van der Waals surface area contributed by atoms with Crippen molar-refractivity contribution >= 4 is 29.5 Å². The molecular formula is C30H40N4O6. The minimum atomic E-state index is -1.32. The summed E-state index contributed by atoms with van der Waals surface area (Å²) in [6, 6.07) is 9.93. The van der Waals surface area contributed by atoms with Crippen molar-refractivity contribution in [2.45, 2.75) is 78.1 Å². The van der Waals surface area contributed by atoms with Gasteiger partial charge < -0.3 is 30.7 Å². The molecule has 1 saturated carbocycles. The Labute approximate surface area is 235 Å². The predicted octanol–water partition coefficient (Wildman–Crippen LogP) is 4.00. The molecule has 4 N–H and O–H groups in total. The van der Waals surface area contributed by atoms with Gasteiger partial charge in [-0.1, -0.05) is 36.2 Å². The lowest BCUT2D eigenvalue weighted by atomic mass is 9.97. The number of methoxy groups -OCH3 is 1. The molecule has 4 unspecified atom stereocenters. The minimum absolute atomic E-state index is 0.113. The first-order valence-corrected chi connectivity index (χ1v) is 13.3. The molecule has 4 atom stereocenters. The van der Waals surface area contributed by atoms with Gasteiger partial charge >= 0.3 is 6.09 Å². The molecule has 3 rings (SSSR count). The molecule has 4 amide bonds. The van der Waals surface area contributed by atoms with E-state index in [4.69, 9.17) is 15.2 Å². The molecule has 1 fully saturated rings. The van der Waals surface area contributed by atoms with E-state index in [0.717, 1.165) is 11.1 Å². The Kier molecular flexibility index (Phi) is 9.44. The molecule has 0 spiro atoms. The van der Waals surface area contributed by atoms with Gasteiger partial charge in [0.1, 0.15) is 23.4 Å². The number of amides is 4. The first kappa shape index (κ1) is 30.5. The summed E-state index contributed by atoms with van der Waals surface area (Å²) in [5, 5.41) is 5.44. The average molecular weight is 553 g/mol. The Morgan fingerprint density at radius 3 is 2.10 bits per heavy atom. The minimum Gasteiger partial charge on any atom is -0.497 e. The number of primary amides is 1. The van der Waals surface area contributed by atoms with Crippen molar-refractivity contribution < 1.29 is 28.7 Å². The standard InChI is InChI=1S/C30H40N4O6/c1-17-12-18(2)14-20(13-17)26(27(36)32-21-8-10-22(39-7)11-9-21)34(24-15-19(24)3)28(37)23(16-25(31)35)33-29(38)40-30(4,5)6/h8-14,19,23-24,26H,15-16H2,1-7H3,(H2,31,35)(H,32,36)(H,33,38). The number of hydrogen-bond acceptors (Lipinski definition) is 6.